The Hall–Kier alpha value is -0.200. The van der Waals surface area contributed by atoms with Crippen LogP contribution in [0.1, 0.15) is 20.8 Å². The van der Waals surface area contributed by atoms with E-state index in [9.17, 15) is 0 Å². The Bertz CT molecular complexity index is 29.0. The van der Waals surface area contributed by atoms with Gasteiger partial charge in [-0.05, 0) is 20.8 Å². The van der Waals surface area contributed by atoms with Gasteiger partial charge in [0.05, 0.1) is 13.2 Å². The monoisotopic (exact) mass is 200 g/mol. The fourth-order valence-corrected chi connectivity index (χ4v) is 0. The highest BCUT2D eigenvalue weighted by Crippen LogP contribution is 1.39. The molecule has 13 heavy (non-hydrogen) atoms. The lowest BCUT2D eigenvalue weighted by Crippen LogP contribution is -1.85. The zero-order valence-corrected chi connectivity index (χ0v) is 8.77. The fraction of sp³-hybridized carbons (Fsp3) is 1.00. The molecule has 0 spiro atoms. The van der Waals surface area contributed by atoms with Crippen molar-refractivity contribution in [1.82, 2.24) is 0 Å². The Morgan fingerprint density at radius 1 is 0.538 bits per heavy atom. The summed E-state index contributed by atoms with van der Waals surface area (Å²) in [4.78, 5) is 0. The van der Waals surface area contributed by atoms with E-state index in [1.807, 2.05) is 0 Å². The minimum atomic E-state index is -0.125. The van der Waals surface area contributed by atoms with Crippen molar-refractivity contribution in [1.29, 1.82) is 0 Å². The van der Waals surface area contributed by atoms with Crippen molar-refractivity contribution in [3.05, 3.63) is 0 Å². The Morgan fingerprint density at radius 2 is 0.615 bits per heavy atom. The molecule has 0 aliphatic carbocycles. The SMILES string of the molecule is CCO.CCO.CCO.OCCO. The van der Waals surface area contributed by atoms with E-state index in [1.165, 1.54) is 0 Å². The highest BCUT2D eigenvalue weighted by atomic mass is 16.3. The first-order chi connectivity index (χ1) is 6.16. The van der Waals surface area contributed by atoms with Crippen molar-refractivity contribution < 1.29 is 25.5 Å². The molecular weight excluding hydrogens is 176 g/mol. The van der Waals surface area contributed by atoms with Crippen molar-refractivity contribution >= 4 is 0 Å². The highest BCUT2D eigenvalue weighted by molar-refractivity contribution is 4.06. The van der Waals surface area contributed by atoms with E-state index >= 15 is 0 Å². The van der Waals surface area contributed by atoms with Crippen LogP contribution >= 0.6 is 0 Å². The van der Waals surface area contributed by atoms with Crippen LogP contribution in [-0.2, 0) is 0 Å². The molecule has 0 atom stereocenters. The highest BCUT2D eigenvalue weighted by Gasteiger charge is 1.58. The lowest BCUT2D eigenvalue weighted by molar-refractivity contribution is 0.186. The molecule has 0 aromatic rings. The van der Waals surface area contributed by atoms with Crippen LogP contribution in [0.5, 0.6) is 0 Å². The maximum Gasteiger partial charge on any atom is 0.0662 e. The van der Waals surface area contributed by atoms with Crippen LogP contribution in [0.2, 0.25) is 0 Å². The summed E-state index contributed by atoms with van der Waals surface area (Å²) < 4.78 is 0. The summed E-state index contributed by atoms with van der Waals surface area (Å²) in [6.07, 6.45) is 0. The summed E-state index contributed by atoms with van der Waals surface area (Å²) >= 11 is 0. The van der Waals surface area contributed by atoms with E-state index in [0.717, 1.165) is 0 Å². The second kappa shape index (κ2) is 59.7. The summed E-state index contributed by atoms with van der Waals surface area (Å²) in [6, 6.07) is 0. The molecular formula is C8H24O5. The van der Waals surface area contributed by atoms with Gasteiger partial charge < -0.3 is 25.5 Å². The molecule has 5 nitrogen and oxygen atoms in total. The van der Waals surface area contributed by atoms with Crippen molar-refractivity contribution in [2.75, 3.05) is 33.0 Å². The molecule has 0 saturated heterocycles. The van der Waals surface area contributed by atoms with Gasteiger partial charge >= 0.3 is 0 Å². The maximum atomic E-state index is 7.62. The first-order valence-corrected chi connectivity index (χ1v) is 4.20. The van der Waals surface area contributed by atoms with Crippen LogP contribution in [0.15, 0.2) is 0 Å². The minimum absolute atomic E-state index is 0.125. The quantitative estimate of drug-likeness (QED) is 0.372. The number of hydrogen-bond donors (Lipinski definition) is 5. The third-order valence-electron chi connectivity index (χ3n) is 0.1000. The van der Waals surface area contributed by atoms with Crippen LogP contribution in [0.3, 0.4) is 0 Å². The minimum Gasteiger partial charge on any atom is -0.397 e. The number of hydrogen-bond acceptors (Lipinski definition) is 5. The molecule has 86 valence electrons. The number of rotatable bonds is 1. The molecule has 0 unspecified atom stereocenters. The molecule has 0 saturated carbocycles. The van der Waals surface area contributed by atoms with Gasteiger partial charge in [-0.2, -0.15) is 0 Å². The largest absolute Gasteiger partial charge is 0.397 e. The van der Waals surface area contributed by atoms with Gasteiger partial charge in [0, 0.05) is 19.8 Å². The van der Waals surface area contributed by atoms with E-state index in [4.69, 9.17) is 25.5 Å². The Labute approximate surface area is 80.3 Å². The average Bonchev–Trinajstić information content (AvgIpc) is 2.08. The standard InChI is InChI=1S/C2H6O2.3C2H6O/c3-1-2-4;3*1-2-3/h3-4H,1-2H2;3*3H,2H2,1H3. The van der Waals surface area contributed by atoms with Gasteiger partial charge in [-0.25, -0.2) is 0 Å². The third-order valence-corrected chi connectivity index (χ3v) is 0.1000. The van der Waals surface area contributed by atoms with Crippen LogP contribution in [-0.4, -0.2) is 58.6 Å². The van der Waals surface area contributed by atoms with Crippen molar-refractivity contribution in [3.8, 4) is 0 Å². The van der Waals surface area contributed by atoms with Gasteiger partial charge in [0.25, 0.3) is 0 Å². The number of aliphatic hydroxyl groups excluding tert-OH is 5. The van der Waals surface area contributed by atoms with E-state index < -0.39 is 0 Å². The van der Waals surface area contributed by atoms with Crippen molar-refractivity contribution in [3.63, 3.8) is 0 Å². The first-order valence-electron chi connectivity index (χ1n) is 4.20. The van der Waals surface area contributed by atoms with Gasteiger partial charge in [0.15, 0.2) is 0 Å². The van der Waals surface area contributed by atoms with Gasteiger partial charge in [-0.1, -0.05) is 0 Å². The van der Waals surface area contributed by atoms with Crippen LogP contribution < -0.4 is 0 Å². The third kappa shape index (κ3) is 1770. The molecule has 0 aromatic heterocycles. The zero-order valence-electron chi connectivity index (χ0n) is 8.77. The smallest absolute Gasteiger partial charge is 0.0662 e. The van der Waals surface area contributed by atoms with Crippen LogP contribution in [0.25, 0.3) is 0 Å². The molecule has 0 aliphatic rings. The van der Waals surface area contributed by atoms with Crippen LogP contribution in [0.4, 0.5) is 0 Å². The lowest BCUT2D eigenvalue weighted by Gasteiger charge is -1.70. The van der Waals surface area contributed by atoms with Gasteiger partial charge in [0.2, 0.25) is 0 Å². The van der Waals surface area contributed by atoms with Crippen molar-refractivity contribution in [2.24, 2.45) is 0 Å². The summed E-state index contributed by atoms with van der Waals surface area (Å²) in [5.74, 6) is 0. The molecule has 5 heteroatoms. The molecule has 0 aliphatic heterocycles. The summed E-state index contributed by atoms with van der Waals surface area (Å²) in [5, 5.41) is 38.0. The van der Waals surface area contributed by atoms with Gasteiger partial charge in [-0.3, -0.25) is 0 Å². The summed E-state index contributed by atoms with van der Waals surface area (Å²) in [7, 11) is 0. The predicted octanol–water partition coefficient (Wildman–Crippen LogP) is -1.03. The normalized spacial score (nSPS) is 6.46. The average molecular weight is 200 g/mol. The molecule has 0 amide bonds. The second-order valence-corrected chi connectivity index (χ2v) is 1.40. The topological polar surface area (TPSA) is 101 Å². The predicted molar refractivity (Wildman–Crippen MR) is 52.5 cm³/mol. The molecule has 0 bridgehead atoms. The molecule has 0 radical (unpaired) electrons. The van der Waals surface area contributed by atoms with E-state index in [0.29, 0.717) is 0 Å². The first kappa shape index (κ1) is 23.0. The van der Waals surface area contributed by atoms with Crippen molar-refractivity contribution in [2.45, 2.75) is 20.8 Å². The Balaban J connectivity index is -0.0000000420. The fourth-order valence-electron chi connectivity index (χ4n) is 0. The van der Waals surface area contributed by atoms with E-state index in [1.54, 1.807) is 20.8 Å². The van der Waals surface area contributed by atoms with E-state index in [-0.39, 0.29) is 33.0 Å². The van der Waals surface area contributed by atoms with Gasteiger partial charge in [-0.15, -0.1) is 0 Å². The Morgan fingerprint density at radius 3 is 0.615 bits per heavy atom. The maximum absolute atomic E-state index is 7.62. The molecule has 5 N–H and O–H groups in total. The summed E-state index contributed by atoms with van der Waals surface area (Å²) in [5.41, 5.74) is 0. The lowest BCUT2D eigenvalue weighted by atomic mass is 10.8. The number of aliphatic hydroxyl groups is 5. The molecule has 0 fully saturated rings. The molecule has 0 rings (SSSR count). The Kier molecular flexibility index (Phi) is 106. The molecule has 0 aromatic carbocycles. The molecule has 0 heterocycles. The van der Waals surface area contributed by atoms with E-state index in [2.05, 4.69) is 0 Å². The van der Waals surface area contributed by atoms with Gasteiger partial charge in [0.1, 0.15) is 0 Å². The summed E-state index contributed by atoms with van der Waals surface area (Å²) in [6.45, 7) is 5.54. The zero-order chi connectivity index (χ0) is 11.5. The van der Waals surface area contributed by atoms with Crippen LogP contribution in [0, 0.1) is 0 Å². The second-order valence-electron chi connectivity index (χ2n) is 1.40.